The van der Waals surface area contributed by atoms with Crippen molar-refractivity contribution in [3.8, 4) is 0 Å². The first kappa shape index (κ1) is 16.1. The largest absolute Gasteiger partial charge is 0.373 e. The number of fused-ring (bicyclic) bond motifs is 1. The molecule has 4 rings (SSSR count). The molecule has 3 aromatic rings. The van der Waals surface area contributed by atoms with Gasteiger partial charge in [0.25, 0.3) is 5.91 Å². The van der Waals surface area contributed by atoms with Gasteiger partial charge in [0, 0.05) is 23.0 Å². The Labute approximate surface area is 149 Å². The summed E-state index contributed by atoms with van der Waals surface area (Å²) >= 11 is 0. The van der Waals surface area contributed by atoms with E-state index in [-0.39, 0.29) is 24.0 Å². The number of anilines is 2. The van der Waals surface area contributed by atoms with Crippen molar-refractivity contribution in [1.82, 2.24) is 4.98 Å². The standard InChI is InChI=1S/C20H17N3O3/c1-12(24)13-3-6-16(7-4-13)23-19(25)11-18(20(23)26)22-15-5-2-14-8-9-21-17(14)10-15/h2-10,18,21-22H,11H2,1H3/t18-/m1/s1. The number of rotatable bonds is 4. The average Bonchev–Trinajstić information content (AvgIpc) is 3.19. The minimum Gasteiger partial charge on any atom is -0.373 e. The van der Waals surface area contributed by atoms with Crippen LogP contribution in [0.15, 0.2) is 54.7 Å². The van der Waals surface area contributed by atoms with Crippen LogP contribution in [-0.2, 0) is 9.59 Å². The lowest BCUT2D eigenvalue weighted by Gasteiger charge is -2.16. The summed E-state index contributed by atoms with van der Waals surface area (Å²) in [7, 11) is 0. The molecule has 1 aromatic heterocycles. The van der Waals surface area contributed by atoms with Crippen molar-refractivity contribution in [2.45, 2.75) is 19.4 Å². The van der Waals surface area contributed by atoms with Gasteiger partial charge >= 0.3 is 0 Å². The van der Waals surface area contributed by atoms with Gasteiger partial charge in [0.15, 0.2) is 5.78 Å². The number of H-pyrrole nitrogens is 1. The summed E-state index contributed by atoms with van der Waals surface area (Å²) in [5, 5.41) is 4.23. The lowest BCUT2D eigenvalue weighted by Crippen LogP contribution is -2.34. The van der Waals surface area contributed by atoms with E-state index in [1.54, 1.807) is 24.3 Å². The van der Waals surface area contributed by atoms with Crippen LogP contribution in [0.4, 0.5) is 11.4 Å². The van der Waals surface area contributed by atoms with Gasteiger partial charge in [-0.3, -0.25) is 14.4 Å². The zero-order chi connectivity index (χ0) is 18.3. The fraction of sp³-hybridized carbons (Fsp3) is 0.150. The maximum atomic E-state index is 12.7. The maximum absolute atomic E-state index is 12.7. The van der Waals surface area contributed by atoms with E-state index in [2.05, 4.69) is 10.3 Å². The highest BCUT2D eigenvalue weighted by Gasteiger charge is 2.39. The second-order valence-electron chi connectivity index (χ2n) is 6.35. The van der Waals surface area contributed by atoms with Gasteiger partial charge in [-0.25, -0.2) is 4.90 Å². The minimum absolute atomic E-state index is 0.0603. The summed E-state index contributed by atoms with van der Waals surface area (Å²) < 4.78 is 0. The van der Waals surface area contributed by atoms with Crippen LogP contribution in [0.3, 0.4) is 0 Å². The van der Waals surface area contributed by atoms with E-state index in [9.17, 15) is 14.4 Å². The fourth-order valence-electron chi connectivity index (χ4n) is 3.20. The highest BCUT2D eigenvalue weighted by atomic mass is 16.2. The summed E-state index contributed by atoms with van der Waals surface area (Å²) in [5.41, 5.74) is 2.76. The van der Waals surface area contributed by atoms with E-state index in [0.29, 0.717) is 11.3 Å². The van der Waals surface area contributed by atoms with Gasteiger partial charge < -0.3 is 10.3 Å². The minimum atomic E-state index is -0.609. The van der Waals surface area contributed by atoms with E-state index in [1.165, 1.54) is 11.8 Å². The second-order valence-corrected chi connectivity index (χ2v) is 6.35. The molecule has 2 N–H and O–H groups in total. The molecule has 0 radical (unpaired) electrons. The second kappa shape index (κ2) is 6.15. The summed E-state index contributed by atoms with van der Waals surface area (Å²) in [6, 6.07) is 13.6. The predicted octanol–water partition coefficient (Wildman–Crippen LogP) is 3.11. The van der Waals surface area contributed by atoms with Crippen LogP contribution in [-0.4, -0.2) is 28.6 Å². The number of carbonyl (C=O) groups excluding carboxylic acids is 3. The van der Waals surface area contributed by atoms with Crippen LogP contribution in [0, 0.1) is 0 Å². The van der Waals surface area contributed by atoms with Crippen LogP contribution < -0.4 is 10.2 Å². The predicted molar refractivity (Wildman–Crippen MR) is 99.3 cm³/mol. The molecule has 1 aliphatic heterocycles. The first-order chi connectivity index (χ1) is 12.5. The summed E-state index contributed by atoms with van der Waals surface area (Å²) in [5.74, 6) is -0.615. The molecule has 0 unspecified atom stereocenters. The number of aromatic nitrogens is 1. The quantitative estimate of drug-likeness (QED) is 0.561. The molecule has 2 amide bonds. The number of hydrogen-bond acceptors (Lipinski definition) is 4. The number of nitrogens with one attached hydrogen (secondary N) is 2. The average molecular weight is 347 g/mol. The summed E-state index contributed by atoms with van der Waals surface area (Å²) in [4.78, 5) is 40.8. The van der Waals surface area contributed by atoms with Crippen molar-refractivity contribution in [2.75, 3.05) is 10.2 Å². The van der Waals surface area contributed by atoms with Crippen LogP contribution >= 0.6 is 0 Å². The van der Waals surface area contributed by atoms with Gasteiger partial charge in [-0.2, -0.15) is 0 Å². The molecule has 2 aromatic carbocycles. The van der Waals surface area contributed by atoms with E-state index in [4.69, 9.17) is 0 Å². The monoisotopic (exact) mass is 347 g/mol. The number of ketones is 1. The Morgan fingerprint density at radius 3 is 2.62 bits per heavy atom. The molecule has 1 saturated heterocycles. The molecule has 0 spiro atoms. The third-order valence-electron chi connectivity index (χ3n) is 4.57. The molecular formula is C20H17N3O3. The summed E-state index contributed by atoms with van der Waals surface area (Å²) in [6.45, 7) is 1.47. The smallest absolute Gasteiger partial charge is 0.256 e. The molecule has 1 fully saturated rings. The number of Topliss-reactive ketones (excluding diaryl/α,β-unsaturated/α-hetero) is 1. The Balaban J connectivity index is 1.55. The topological polar surface area (TPSA) is 82.3 Å². The number of hydrogen-bond donors (Lipinski definition) is 2. The zero-order valence-corrected chi connectivity index (χ0v) is 14.2. The number of nitrogens with zero attached hydrogens (tertiary/aromatic N) is 1. The SMILES string of the molecule is CC(=O)c1ccc(N2C(=O)C[C@@H](Nc3ccc4cc[nH]c4c3)C2=O)cc1. The van der Waals surface area contributed by atoms with Crippen molar-refractivity contribution in [3.05, 3.63) is 60.3 Å². The Bertz CT molecular complexity index is 1020. The first-order valence-corrected chi connectivity index (χ1v) is 8.34. The Kier molecular flexibility index (Phi) is 3.80. The van der Waals surface area contributed by atoms with Gasteiger partial charge in [0.2, 0.25) is 5.91 Å². The number of amides is 2. The van der Waals surface area contributed by atoms with E-state index < -0.39 is 6.04 Å². The van der Waals surface area contributed by atoms with Crippen molar-refractivity contribution < 1.29 is 14.4 Å². The molecule has 1 aliphatic rings. The number of carbonyl (C=O) groups is 3. The molecule has 1 atom stereocenters. The lowest BCUT2D eigenvalue weighted by molar-refractivity contribution is -0.121. The number of benzene rings is 2. The van der Waals surface area contributed by atoms with E-state index >= 15 is 0 Å². The third kappa shape index (κ3) is 2.75. The van der Waals surface area contributed by atoms with Crippen LogP contribution in [0.5, 0.6) is 0 Å². The normalized spacial score (nSPS) is 17.1. The van der Waals surface area contributed by atoms with Crippen LogP contribution in [0.25, 0.3) is 10.9 Å². The fourth-order valence-corrected chi connectivity index (χ4v) is 3.20. The lowest BCUT2D eigenvalue weighted by atomic mass is 10.1. The van der Waals surface area contributed by atoms with Crippen molar-refractivity contribution in [1.29, 1.82) is 0 Å². The van der Waals surface area contributed by atoms with Crippen LogP contribution in [0.1, 0.15) is 23.7 Å². The van der Waals surface area contributed by atoms with E-state index in [1.807, 2.05) is 30.5 Å². The Morgan fingerprint density at radius 2 is 1.88 bits per heavy atom. The van der Waals surface area contributed by atoms with Gasteiger partial charge in [-0.1, -0.05) is 6.07 Å². The highest BCUT2D eigenvalue weighted by Crippen LogP contribution is 2.26. The van der Waals surface area contributed by atoms with Gasteiger partial charge in [0.05, 0.1) is 12.1 Å². The van der Waals surface area contributed by atoms with Gasteiger partial charge in [-0.05, 0) is 54.8 Å². The van der Waals surface area contributed by atoms with Crippen LogP contribution in [0.2, 0.25) is 0 Å². The zero-order valence-electron chi connectivity index (χ0n) is 14.2. The maximum Gasteiger partial charge on any atom is 0.256 e. The van der Waals surface area contributed by atoms with Gasteiger partial charge in [-0.15, -0.1) is 0 Å². The Morgan fingerprint density at radius 1 is 1.12 bits per heavy atom. The van der Waals surface area contributed by atoms with E-state index in [0.717, 1.165) is 16.6 Å². The van der Waals surface area contributed by atoms with Crippen molar-refractivity contribution in [3.63, 3.8) is 0 Å². The molecule has 130 valence electrons. The number of imide groups is 1. The highest BCUT2D eigenvalue weighted by molar-refractivity contribution is 6.23. The molecule has 0 saturated carbocycles. The molecular weight excluding hydrogens is 330 g/mol. The Hall–Kier alpha value is -3.41. The molecule has 0 aliphatic carbocycles. The van der Waals surface area contributed by atoms with Crippen molar-refractivity contribution in [2.24, 2.45) is 0 Å². The van der Waals surface area contributed by atoms with Crippen molar-refractivity contribution >= 4 is 39.9 Å². The summed E-state index contributed by atoms with van der Waals surface area (Å²) in [6.07, 6.45) is 1.95. The molecule has 6 nitrogen and oxygen atoms in total. The molecule has 6 heteroatoms. The van der Waals surface area contributed by atoms with Gasteiger partial charge in [0.1, 0.15) is 6.04 Å². The number of aromatic amines is 1. The first-order valence-electron chi connectivity index (χ1n) is 8.34. The molecule has 26 heavy (non-hydrogen) atoms. The third-order valence-corrected chi connectivity index (χ3v) is 4.57. The molecule has 0 bridgehead atoms. The molecule has 2 heterocycles.